The Morgan fingerprint density at radius 2 is 1.67 bits per heavy atom. The van der Waals surface area contributed by atoms with Crippen molar-refractivity contribution >= 4 is 54.7 Å². The maximum Gasteiger partial charge on any atom is 0.338 e. The smallest absolute Gasteiger partial charge is 0.338 e. The number of furan rings is 1. The van der Waals surface area contributed by atoms with Crippen LogP contribution in [0.3, 0.4) is 0 Å². The Bertz CT molecular complexity index is 1570. The van der Waals surface area contributed by atoms with Gasteiger partial charge >= 0.3 is 5.97 Å². The van der Waals surface area contributed by atoms with Gasteiger partial charge in [0, 0.05) is 42.9 Å². The molecule has 1 heterocycles. The number of rotatable bonds is 15. The summed E-state index contributed by atoms with van der Waals surface area (Å²) in [6.07, 6.45) is 5.41. The normalized spacial score (nSPS) is 12.1. The highest BCUT2D eigenvalue weighted by Crippen LogP contribution is 2.46. The first kappa shape index (κ1) is 37.0. The number of carbonyl (C=O) groups excluding carboxylic acids is 2. The number of carbonyl (C=O) groups is 2. The second kappa shape index (κ2) is 18.6. The molecule has 46 heavy (non-hydrogen) atoms. The Morgan fingerprint density at radius 3 is 2.35 bits per heavy atom. The standard InChI is InChI=1S/C34H37FN2O6.CH4S.H2S/c1-36-33(38)31-28-20-27(23-9-10-23)29(21-30(28)43-32(31)24-11-13-25(35)14-12-24)37-15-17-42-19-18-41-16-5-7-22-6-3-4-8-26(22)34(39)40-2;1-2;/h3-4,6,8,11-14,20-21,23,37H,5,7,9-10,15-19H2,1-2H3,(H,36,38);2H,1H3;1H2. The lowest BCUT2D eigenvalue weighted by Crippen LogP contribution is -2.18. The van der Waals surface area contributed by atoms with Gasteiger partial charge in [-0.05, 0) is 85.4 Å². The number of aryl methyl sites for hydroxylation is 1. The Kier molecular flexibility index (Phi) is 14.9. The van der Waals surface area contributed by atoms with Gasteiger partial charge in [0.1, 0.15) is 17.2 Å². The van der Waals surface area contributed by atoms with Crippen LogP contribution in [0.15, 0.2) is 65.1 Å². The van der Waals surface area contributed by atoms with Gasteiger partial charge in [-0.1, -0.05) is 18.2 Å². The molecule has 0 spiro atoms. The van der Waals surface area contributed by atoms with Crippen LogP contribution in [0.2, 0.25) is 0 Å². The third-order valence-corrected chi connectivity index (χ3v) is 7.53. The molecule has 8 nitrogen and oxygen atoms in total. The van der Waals surface area contributed by atoms with Crippen molar-refractivity contribution in [3.63, 3.8) is 0 Å². The van der Waals surface area contributed by atoms with Gasteiger partial charge in [-0.2, -0.15) is 26.1 Å². The maximum atomic E-state index is 13.6. The lowest BCUT2D eigenvalue weighted by molar-refractivity contribution is 0.0506. The summed E-state index contributed by atoms with van der Waals surface area (Å²) in [5, 5.41) is 6.94. The van der Waals surface area contributed by atoms with E-state index in [-0.39, 0.29) is 31.2 Å². The highest BCUT2D eigenvalue weighted by atomic mass is 32.1. The SMILES string of the molecule is CNC(=O)c1c(-c2ccc(F)cc2)oc2cc(NCCOCCOCCCc3ccccc3C(=O)OC)c(C3CC3)cc12.CS.S. The van der Waals surface area contributed by atoms with Gasteiger partial charge in [0.25, 0.3) is 5.91 Å². The van der Waals surface area contributed by atoms with Crippen LogP contribution >= 0.6 is 26.1 Å². The van der Waals surface area contributed by atoms with Gasteiger partial charge in [-0.15, -0.1) is 0 Å². The fourth-order valence-electron chi connectivity index (χ4n) is 5.19. The fourth-order valence-corrected chi connectivity index (χ4v) is 5.19. The van der Waals surface area contributed by atoms with E-state index in [9.17, 15) is 14.0 Å². The number of halogens is 1. The Hall–Kier alpha value is -3.51. The summed E-state index contributed by atoms with van der Waals surface area (Å²) >= 11 is 3.53. The third kappa shape index (κ3) is 9.51. The molecule has 248 valence electrons. The molecule has 1 aliphatic carbocycles. The molecular weight excluding hydrogens is 628 g/mol. The zero-order chi connectivity index (χ0) is 32.2. The van der Waals surface area contributed by atoms with Gasteiger partial charge in [0.2, 0.25) is 0 Å². The predicted octanol–water partition coefficient (Wildman–Crippen LogP) is 7.00. The maximum absolute atomic E-state index is 13.6. The summed E-state index contributed by atoms with van der Waals surface area (Å²) in [5.74, 6) is -0.0690. The average Bonchev–Trinajstić information content (AvgIpc) is 3.86. The van der Waals surface area contributed by atoms with Crippen molar-refractivity contribution in [2.45, 2.75) is 31.6 Å². The number of hydrogen-bond acceptors (Lipinski definition) is 8. The number of fused-ring (bicyclic) bond motifs is 1. The minimum Gasteiger partial charge on any atom is -0.465 e. The van der Waals surface area contributed by atoms with Crippen LogP contribution in [0.5, 0.6) is 0 Å². The minimum atomic E-state index is -0.351. The first-order valence-corrected chi connectivity index (χ1v) is 16.0. The molecule has 1 amide bonds. The number of nitrogens with one attached hydrogen (secondary N) is 2. The van der Waals surface area contributed by atoms with E-state index in [2.05, 4.69) is 29.3 Å². The van der Waals surface area contributed by atoms with Gasteiger partial charge in [0.15, 0.2) is 0 Å². The molecule has 2 N–H and O–H groups in total. The molecule has 0 unspecified atom stereocenters. The second-order valence-corrected chi connectivity index (χ2v) is 10.5. The molecule has 1 fully saturated rings. The average molecular weight is 671 g/mol. The number of benzene rings is 3. The highest BCUT2D eigenvalue weighted by Gasteiger charge is 2.29. The summed E-state index contributed by atoms with van der Waals surface area (Å²) in [6.45, 7) is 2.63. The Morgan fingerprint density at radius 1 is 0.978 bits per heavy atom. The van der Waals surface area contributed by atoms with Gasteiger partial charge < -0.3 is 29.3 Å². The highest BCUT2D eigenvalue weighted by molar-refractivity contribution is 7.79. The Labute approximate surface area is 282 Å². The van der Waals surface area contributed by atoms with E-state index in [1.165, 1.54) is 19.2 Å². The van der Waals surface area contributed by atoms with Crippen LogP contribution in [-0.4, -0.2) is 65.3 Å². The van der Waals surface area contributed by atoms with Crippen LogP contribution in [0.25, 0.3) is 22.3 Å². The summed E-state index contributed by atoms with van der Waals surface area (Å²) in [5.41, 5.74) is 5.35. The van der Waals surface area contributed by atoms with Crippen LogP contribution < -0.4 is 10.6 Å². The van der Waals surface area contributed by atoms with Crippen molar-refractivity contribution < 1.29 is 32.6 Å². The number of esters is 1. The molecule has 11 heteroatoms. The van der Waals surface area contributed by atoms with E-state index in [1.807, 2.05) is 24.3 Å². The van der Waals surface area contributed by atoms with Crippen LogP contribution in [0.4, 0.5) is 10.1 Å². The second-order valence-electron chi connectivity index (χ2n) is 10.5. The number of ether oxygens (including phenoxy) is 3. The molecule has 0 saturated heterocycles. The summed E-state index contributed by atoms with van der Waals surface area (Å²) in [7, 11) is 2.98. The number of thiol groups is 1. The first-order chi connectivity index (χ1) is 22.0. The molecule has 0 bridgehead atoms. The fraction of sp³-hybridized carbons (Fsp3) is 0.371. The topological polar surface area (TPSA) is 99.0 Å². The molecular formula is C35H43FN2O6S2. The van der Waals surface area contributed by atoms with Crippen LogP contribution in [0, 0.1) is 5.82 Å². The van der Waals surface area contributed by atoms with Crippen LogP contribution in [-0.2, 0) is 20.6 Å². The first-order valence-electron chi connectivity index (χ1n) is 15.1. The Balaban J connectivity index is 0.00000188. The molecule has 4 aromatic rings. The lowest BCUT2D eigenvalue weighted by Gasteiger charge is -2.13. The molecule has 1 aliphatic rings. The summed E-state index contributed by atoms with van der Waals surface area (Å²) < 4.78 is 36.1. The predicted molar refractivity (Wildman–Crippen MR) is 188 cm³/mol. The van der Waals surface area contributed by atoms with E-state index in [0.717, 1.165) is 47.9 Å². The number of methoxy groups -OCH3 is 1. The van der Waals surface area contributed by atoms with Crippen molar-refractivity contribution in [2.24, 2.45) is 0 Å². The molecule has 1 saturated carbocycles. The van der Waals surface area contributed by atoms with Crippen LogP contribution in [0.1, 0.15) is 57.0 Å². The number of amides is 1. The minimum absolute atomic E-state index is 0. The van der Waals surface area contributed by atoms with Gasteiger partial charge in [-0.3, -0.25) is 4.79 Å². The number of anilines is 1. The zero-order valence-corrected chi connectivity index (χ0v) is 28.4. The van der Waals surface area contributed by atoms with Crippen molar-refractivity contribution in [2.75, 3.05) is 58.7 Å². The van der Waals surface area contributed by atoms with E-state index >= 15 is 0 Å². The van der Waals surface area contributed by atoms with Crippen molar-refractivity contribution in [3.8, 4) is 11.3 Å². The summed E-state index contributed by atoms with van der Waals surface area (Å²) in [6, 6.07) is 17.4. The monoisotopic (exact) mass is 670 g/mol. The van der Waals surface area contributed by atoms with E-state index < -0.39 is 0 Å². The van der Waals surface area contributed by atoms with Gasteiger partial charge in [0.05, 0.1) is 38.1 Å². The number of hydrogen-bond donors (Lipinski definition) is 3. The third-order valence-electron chi connectivity index (χ3n) is 7.53. The van der Waals surface area contributed by atoms with Crippen molar-refractivity contribution in [3.05, 3.63) is 88.7 Å². The molecule has 5 rings (SSSR count). The molecule has 3 aromatic carbocycles. The van der Waals surface area contributed by atoms with E-state index in [4.69, 9.17) is 18.6 Å². The van der Waals surface area contributed by atoms with Crippen molar-refractivity contribution in [1.82, 2.24) is 5.32 Å². The van der Waals surface area contributed by atoms with E-state index in [1.54, 1.807) is 31.5 Å². The van der Waals surface area contributed by atoms with Crippen molar-refractivity contribution in [1.29, 1.82) is 0 Å². The molecule has 0 atom stereocenters. The molecule has 1 aromatic heterocycles. The van der Waals surface area contributed by atoms with E-state index in [0.29, 0.717) is 66.9 Å². The molecule has 0 radical (unpaired) electrons. The van der Waals surface area contributed by atoms with Gasteiger partial charge in [-0.25, -0.2) is 9.18 Å². The quantitative estimate of drug-likeness (QED) is 0.0712. The molecule has 0 aliphatic heterocycles. The lowest BCUT2D eigenvalue weighted by atomic mass is 10.0. The zero-order valence-electron chi connectivity index (χ0n) is 26.5. The summed E-state index contributed by atoms with van der Waals surface area (Å²) in [4.78, 5) is 24.8. The largest absolute Gasteiger partial charge is 0.465 e.